The Kier molecular flexibility index (Phi) is 3.79. The maximum Gasteiger partial charge on any atom is 0.330 e. The fraction of sp³-hybridized carbons (Fsp3) is 0.471. The van der Waals surface area contributed by atoms with Crippen LogP contribution < -0.4 is 0 Å². The maximum absolute atomic E-state index is 11.3. The Morgan fingerprint density at radius 3 is 2.89 bits per heavy atom. The first kappa shape index (κ1) is 13.9. The standard InChI is InChI=1S/C17H22O2/c1-5-12-7-8-13-10-14(15(13)9-12)11-17(3,4)19-16(18)6-2/h6-9,14H,2,5,10-11H2,1,3-4H3. The lowest BCUT2D eigenvalue weighted by atomic mass is 9.72. The van der Waals surface area contributed by atoms with Gasteiger partial charge in [0, 0.05) is 6.08 Å². The number of carbonyl (C=O) groups excluding carboxylic acids is 1. The van der Waals surface area contributed by atoms with Gasteiger partial charge in [-0.25, -0.2) is 4.79 Å². The van der Waals surface area contributed by atoms with Gasteiger partial charge in [0.05, 0.1) is 0 Å². The summed E-state index contributed by atoms with van der Waals surface area (Å²) < 4.78 is 5.41. The summed E-state index contributed by atoms with van der Waals surface area (Å²) in [6, 6.07) is 6.74. The molecule has 0 aromatic heterocycles. The van der Waals surface area contributed by atoms with Gasteiger partial charge in [0.15, 0.2) is 0 Å². The van der Waals surface area contributed by atoms with Crippen molar-refractivity contribution in [3.63, 3.8) is 0 Å². The molecule has 2 heteroatoms. The van der Waals surface area contributed by atoms with Crippen LogP contribution >= 0.6 is 0 Å². The molecule has 0 saturated carbocycles. The minimum atomic E-state index is -0.435. The van der Waals surface area contributed by atoms with Gasteiger partial charge in [0.1, 0.15) is 5.60 Å². The monoisotopic (exact) mass is 258 g/mol. The predicted molar refractivity (Wildman–Crippen MR) is 77.3 cm³/mol. The van der Waals surface area contributed by atoms with Gasteiger partial charge >= 0.3 is 5.97 Å². The van der Waals surface area contributed by atoms with Crippen molar-refractivity contribution in [1.29, 1.82) is 0 Å². The van der Waals surface area contributed by atoms with Gasteiger partial charge in [-0.2, -0.15) is 0 Å². The maximum atomic E-state index is 11.3. The predicted octanol–water partition coefficient (Wildman–Crippen LogP) is 3.79. The largest absolute Gasteiger partial charge is 0.457 e. The summed E-state index contributed by atoms with van der Waals surface area (Å²) in [5, 5.41) is 0. The quantitative estimate of drug-likeness (QED) is 0.593. The van der Waals surface area contributed by atoms with E-state index >= 15 is 0 Å². The zero-order valence-corrected chi connectivity index (χ0v) is 12.0. The van der Waals surface area contributed by atoms with Crippen LogP contribution in [-0.2, 0) is 22.4 Å². The van der Waals surface area contributed by atoms with Gasteiger partial charge in [-0.1, -0.05) is 31.7 Å². The summed E-state index contributed by atoms with van der Waals surface area (Å²) >= 11 is 0. The second-order valence-electron chi connectivity index (χ2n) is 5.88. The minimum Gasteiger partial charge on any atom is -0.457 e. The third kappa shape index (κ3) is 3.06. The molecule has 1 atom stereocenters. The van der Waals surface area contributed by atoms with Crippen molar-refractivity contribution in [2.45, 2.75) is 51.6 Å². The number of hydrogen-bond donors (Lipinski definition) is 0. The summed E-state index contributed by atoms with van der Waals surface area (Å²) in [4.78, 5) is 11.3. The van der Waals surface area contributed by atoms with Gasteiger partial charge in [0.2, 0.25) is 0 Å². The van der Waals surface area contributed by atoms with Gasteiger partial charge in [-0.05, 0) is 55.7 Å². The lowest BCUT2D eigenvalue weighted by Gasteiger charge is -2.36. The normalized spacial score (nSPS) is 17.3. The Hall–Kier alpha value is -1.57. The van der Waals surface area contributed by atoms with Crippen LogP contribution in [0.3, 0.4) is 0 Å². The molecule has 0 heterocycles. The van der Waals surface area contributed by atoms with E-state index in [0.29, 0.717) is 5.92 Å². The number of hydrogen-bond acceptors (Lipinski definition) is 2. The first-order chi connectivity index (χ1) is 8.95. The molecule has 1 aromatic carbocycles. The molecule has 0 amide bonds. The van der Waals surface area contributed by atoms with Crippen LogP contribution in [0, 0.1) is 0 Å². The molecule has 0 radical (unpaired) electrons. The van der Waals surface area contributed by atoms with Crippen molar-refractivity contribution in [2.24, 2.45) is 0 Å². The van der Waals surface area contributed by atoms with Crippen LogP contribution in [0.2, 0.25) is 0 Å². The summed E-state index contributed by atoms with van der Waals surface area (Å²) in [6.45, 7) is 9.55. The fourth-order valence-electron chi connectivity index (χ4n) is 2.81. The highest BCUT2D eigenvalue weighted by Gasteiger charge is 2.33. The van der Waals surface area contributed by atoms with E-state index in [4.69, 9.17) is 4.74 Å². The molecule has 102 valence electrons. The first-order valence-corrected chi connectivity index (χ1v) is 6.92. The number of fused-ring (bicyclic) bond motifs is 1. The van der Waals surface area contributed by atoms with Crippen molar-refractivity contribution >= 4 is 5.97 Å². The van der Waals surface area contributed by atoms with Crippen molar-refractivity contribution < 1.29 is 9.53 Å². The number of ether oxygens (including phenoxy) is 1. The van der Waals surface area contributed by atoms with Gasteiger partial charge < -0.3 is 4.74 Å². The summed E-state index contributed by atoms with van der Waals surface area (Å²) in [7, 11) is 0. The van der Waals surface area contributed by atoms with E-state index < -0.39 is 5.60 Å². The SMILES string of the molecule is C=CC(=O)OC(C)(C)CC1Cc2ccc(CC)cc21. The molecule has 2 nitrogen and oxygen atoms in total. The molecule has 19 heavy (non-hydrogen) atoms. The highest BCUT2D eigenvalue weighted by molar-refractivity contribution is 5.81. The van der Waals surface area contributed by atoms with E-state index in [1.165, 1.54) is 22.8 Å². The van der Waals surface area contributed by atoms with Crippen LogP contribution in [0.25, 0.3) is 0 Å². The molecule has 0 fully saturated rings. The molecule has 1 aromatic rings. The molecule has 0 spiro atoms. The van der Waals surface area contributed by atoms with Crippen LogP contribution in [0.5, 0.6) is 0 Å². The number of carbonyl (C=O) groups is 1. The third-order valence-corrected chi connectivity index (χ3v) is 3.81. The molecule has 0 bridgehead atoms. The molecule has 0 aliphatic heterocycles. The Morgan fingerprint density at radius 1 is 1.53 bits per heavy atom. The fourth-order valence-corrected chi connectivity index (χ4v) is 2.81. The van der Waals surface area contributed by atoms with E-state index in [2.05, 4.69) is 31.7 Å². The smallest absolute Gasteiger partial charge is 0.330 e. The van der Waals surface area contributed by atoms with E-state index in [1.54, 1.807) is 0 Å². The lowest BCUT2D eigenvalue weighted by molar-refractivity contribution is -0.151. The number of rotatable bonds is 5. The van der Waals surface area contributed by atoms with Gasteiger partial charge in [-0.15, -0.1) is 0 Å². The van der Waals surface area contributed by atoms with Crippen LogP contribution in [0.4, 0.5) is 0 Å². The zero-order chi connectivity index (χ0) is 14.0. The van der Waals surface area contributed by atoms with Crippen LogP contribution in [-0.4, -0.2) is 11.6 Å². The Labute approximate surface area is 115 Å². The second-order valence-corrected chi connectivity index (χ2v) is 5.88. The van der Waals surface area contributed by atoms with Crippen LogP contribution in [0.15, 0.2) is 30.9 Å². The van der Waals surface area contributed by atoms with E-state index in [0.717, 1.165) is 19.3 Å². The Bertz CT molecular complexity index is 500. The summed E-state index contributed by atoms with van der Waals surface area (Å²) in [6.07, 6.45) is 4.25. The van der Waals surface area contributed by atoms with E-state index in [9.17, 15) is 4.79 Å². The molecular formula is C17H22O2. The molecule has 0 saturated heterocycles. The Balaban J connectivity index is 2.05. The van der Waals surface area contributed by atoms with Crippen molar-refractivity contribution in [3.8, 4) is 0 Å². The zero-order valence-electron chi connectivity index (χ0n) is 12.0. The summed E-state index contributed by atoms with van der Waals surface area (Å²) in [5.41, 5.74) is 3.81. The van der Waals surface area contributed by atoms with Crippen molar-refractivity contribution in [3.05, 3.63) is 47.5 Å². The average molecular weight is 258 g/mol. The lowest BCUT2D eigenvalue weighted by Crippen LogP contribution is -2.33. The van der Waals surface area contributed by atoms with Crippen LogP contribution in [0.1, 0.15) is 49.8 Å². The van der Waals surface area contributed by atoms with E-state index in [1.807, 2.05) is 13.8 Å². The summed E-state index contributed by atoms with van der Waals surface area (Å²) in [5.74, 6) is 0.168. The number of esters is 1. The highest BCUT2D eigenvalue weighted by atomic mass is 16.6. The van der Waals surface area contributed by atoms with Crippen molar-refractivity contribution in [1.82, 2.24) is 0 Å². The second kappa shape index (κ2) is 5.20. The molecule has 1 unspecified atom stereocenters. The molecular weight excluding hydrogens is 236 g/mol. The van der Waals surface area contributed by atoms with Crippen molar-refractivity contribution in [2.75, 3.05) is 0 Å². The average Bonchev–Trinajstić information content (AvgIpc) is 2.35. The Morgan fingerprint density at radius 2 is 2.26 bits per heavy atom. The highest BCUT2D eigenvalue weighted by Crippen LogP contribution is 2.41. The van der Waals surface area contributed by atoms with Gasteiger partial charge in [0.25, 0.3) is 0 Å². The van der Waals surface area contributed by atoms with E-state index in [-0.39, 0.29) is 5.97 Å². The molecule has 2 rings (SSSR count). The van der Waals surface area contributed by atoms with Gasteiger partial charge in [-0.3, -0.25) is 0 Å². The third-order valence-electron chi connectivity index (χ3n) is 3.81. The molecule has 0 N–H and O–H groups in total. The molecule has 1 aliphatic carbocycles. The first-order valence-electron chi connectivity index (χ1n) is 6.92. The number of benzene rings is 1. The minimum absolute atomic E-state index is 0.341. The topological polar surface area (TPSA) is 26.3 Å². The molecule has 1 aliphatic rings. The number of aryl methyl sites for hydroxylation is 1.